The largest absolute Gasteiger partial charge is 0.469 e. The van der Waals surface area contributed by atoms with Crippen molar-refractivity contribution < 1.29 is 40.7 Å². The average Bonchev–Trinajstić information content (AvgIpc) is 3.44. The molecule has 2 aromatic carbocycles. The fraction of sp³-hybridized carbons (Fsp3) is 0.346. The molecule has 0 fully saturated rings. The number of hydrogen-bond acceptors (Lipinski definition) is 5. The Hall–Kier alpha value is -4.03. The molecule has 1 atom stereocenters. The Morgan fingerprint density at radius 2 is 1.56 bits per heavy atom. The first-order valence-electron chi connectivity index (χ1n) is 11.8. The molecule has 39 heavy (non-hydrogen) atoms. The molecule has 1 aliphatic rings. The molecule has 0 saturated carbocycles. The number of esters is 1. The summed E-state index contributed by atoms with van der Waals surface area (Å²) in [6.07, 6.45) is -9.39. The van der Waals surface area contributed by atoms with E-state index in [1.165, 1.54) is 24.1 Å². The van der Waals surface area contributed by atoms with Gasteiger partial charge in [0.1, 0.15) is 11.4 Å². The first-order chi connectivity index (χ1) is 18.3. The average molecular weight is 554 g/mol. The van der Waals surface area contributed by atoms with Crippen LogP contribution < -0.4 is 10.2 Å². The third-order valence-corrected chi connectivity index (χ3v) is 6.36. The first-order valence-corrected chi connectivity index (χ1v) is 11.8. The summed E-state index contributed by atoms with van der Waals surface area (Å²) in [5.74, 6) is -1.48. The molecular formula is C26H24F6N4O3. The van der Waals surface area contributed by atoms with Crippen LogP contribution in [0.4, 0.5) is 32.2 Å². The van der Waals surface area contributed by atoms with E-state index in [1.54, 1.807) is 31.2 Å². The number of rotatable bonds is 7. The zero-order valence-corrected chi connectivity index (χ0v) is 20.9. The second kappa shape index (κ2) is 10.6. The lowest BCUT2D eigenvalue weighted by Gasteiger charge is -2.21. The Labute approximate surface area is 219 Å². The van der Waals surface area contributed by atoms with Crippen molar-refractivity contribution in [2.75, 3.05) is 18.6 Å². The molecule has 1 aliphatic heterocycles. The minimum Gasteiger partial charge on any atom is -0.469 e. The molecule has 1 unspecified atom stereocenters. The van der Waals surface area contributed by atoms with Gasteiger partial charge in [0.05, 0.1) is 31.7 Å². The highest BCUT2D eigenvalue weighted by Gasteiger charge is 2.44. The number of alkyl halides is 6. The van der Waals surface area contributed by atoms with Crippen molar-refractivity contribution in [1.29, 1.82) is 0 Å². The normalized spacial score (nSPS) is 14.2. The van der Waals surface area contributed by atoms with Crippen molar-refractivity contribution in [3.05, 3.63) is 82.0 Å². The lowest BCUT2D eigenvalue weighted by atomic mass is 10.0. The Morgan fingerprint density at radius 1 is 0.949 bits per heavy atom. The minimum atomic E-state index is -4.91. The van der Waals surface area contributed by atoms with E-state index in [0.29, 0.717) is 16.7 Å². The van der Waals surface area contributed by atoms with E-state index < -0.39 is 47.1 Å². The number of methoxy groups -OCH3 is 1. The van der Waals surface area contributed by atoms with Crippen LogP contribution in [0, 0.1) is 0 Å². The Kier molecular flexibility index (Phi) is 7.62. The maximum atomic E-state index is 13.9. The van der Waals surface area contributed by atoms with Crippen LogP contribution in [0.1, 0.15) is 51.3 Å². The van der Waals surface area contributed by atoms with Crippen molar-refractivity contribution in [1.82, 2.24) is 15.1 Å². The first kappa shape index (κ1) is 28.0. The van der Waals surface area contributed by atoms with E-state index >= 15 is 0 Å². The highest BCUT2D eigenvalue weighted by molar-refractivity contribution is 6.01. The third kappa shape index (κ3) is 6.18. The molecule has 7 nitrogen and oxygen atoms in total. The number of anilines is 1. The number of amides is 1. The number of halogens is 6. The summed E-state index contributed by atoms with van der Waals surface area (Å²) in [4.78, 5) is 26.2. The van der Waals surface area contributed by atoms with Gasteiger partial charge in [-0.3, -0.25) is 9.59 Å². The van der Waals surface area contributed by atoms with Gasteiger partial charge in [0.15, 0.2) is 5.69 Å². The molecule has 0 aliphatic carbocycles. The lowest BCUT2D eigenvalue weighted by Crippen LogP contribution is -2.31. The maximum Gasteiger partial charge on any atom is 0.436 e. The van der Waals surface area contributed by atoms with E-state index in [4.69, 9.17) is 0 Å². The van der Waals surface area contributed by atoms with Gasteiger partial charge in [-0.2, -0.15) is 31.4 Å². The second-order valence-electron chi connectivity index (χ2n) is 9.07. The summed E-state index contributed by atoms with van der Waals surface area (Å²) in [6.45, 7) is 1.88. The third-order valence-electron chi connectivity index (χ3n) is 6.36. The van der Waals surface area contributed by atoms with Gasteiger partial charge < -0.3 is 15.0 Å². The zero-order chi connectivity index (χ0) is 28.5. The van der Waals surface area contributed by atoms with Crippen LogP contribution in [0.5, 0.6) is 0 Å². The molecule has 2 heterocycles. The topological polar surface area (TPSA) is 76.5 Å². The fourth-order valence-electron chi connectivity index (χ4n) is 4.35. The molecule has 0 saturated heterocycles. The number of hydrogen-bond donors (Lipinski definition) is 1. The number of fused-ring (bicyclic) bond motifs is 1. The van der Waals surface area contributed by atoms with Gasteiger partial charge in [-0.15, -0.1) is 0 Å². The smallest absolute Gasteiger partial charge is 0.436 e. The predicted octanol–water partition coefficient (Wildman–Crippen LogP) is 5.15. The molecule has 208 valence electrons. The number of carbonyl (C=O) groups excluding carboxylic acids is 2. The van der Waals surface area contributed by atoms with Crippen LogP contribution in [0.2, 0.25) is 0 Å². The lowest BCUT2D eigenvalue weighted by molar-refractivity contribution is -0.142. The van der Waals surface area contributed by atoms with Crippen molar-refractivity contribution in [3.63, 3.8) is 0 Å². The van der Waals surface area contributed by atoms with E-state index in [0.717, 1.165) is 16.8 Å². The van der Waals surface area contributed by atoms with E-state index in [-0.39, 0.29) is 31.9 Å². The number of ether oxygens (including phenoxy) is 1. The SMILES string of the molecule is COC(=O)Cc1ccc(C(C)NC(=O)c2c(C(F)(F)F)nn3c2N(Cc2ccc(C(F)(F)F)cc2)CC3)cc1. The van der Waals surface area contributed by atoms with Crippen LogP contribution in [0.3, 0.4) is 0 Å². The molecule has 1 N–H and O–H groups in total. The second-order valence-corrected chi connectivity index (χ2v) is 9.07. The van der Waals surface area contributed by atoms with Gasteiger partial charge >= 0.3 is 18.3 Å². The summed E-state index contributed by atoms with van der Waals surface area (Å²) >= 11 is 0. The van der Waals surface area contributed by atoms with Gasteiger partial charge in [-0.1, -0.05) is 36.4 Å². The van der Waals surface area contributed by atoms with Crippen molar-refractivity contribution in [2.45, 2.75) is 44.8 Å². The van der Waals surface area contributed by atoms with Crippen LogP contribution in [-0.4, -0.2) is 35.3 Å². The Bertz CT molecular complexity index is 1350. The molecule has 1 aromatic heterocycles. The Balaban J connectivity index is 1.58. The molecule has 1 amide bonds. The molecule has 4 rings (SSSR count). The quantitative estimate of drug-likeness (QED) is 0.323. The maximum absolute atomic E-state index is 13.9. The zero-order valence-electron chi connectivity index (χ0n) is 20.9. The molecule has 0 bridgehead atoms. The summed E-state index contributed by atoms with van der Waals surface area (Å²) in [6, 6.07) is 10.2. The molecular weight excluding hydrogens is 530 g/mol. The summed E-state index contributed by atoms with van der Waals surface area (Å²) in [5, 5.41) is 6.23. The molecule has 13 heteroatoms. The van der Waals surface area contributed by atoms with Crippen molar-refractivity contribution in [2.24, 2.45) is 0 Å². The monoisotopic (exact) mass is 554 g/mol. The molecule has 0 radical (unpaired) electrons. The van der Waals surface area contributed by atoms with Crippen LogP contribution in [0.15, 0.2) is 48.5 Å². The summed E-state index contributed by atoms with van der Waals surface area (Å²) in [5.41, 5.74) is -1.15. The highest BCUT2D eigenvalue weighted by atomic mass is 19.4. The van der Waals surface area contributed by atoms with Gasteiger partial charge in [0.25, 0.3) is 5.91 Å². The molecule has 0 spiro atoms. The van der Waals surface area contributed by atoms with Crippen LogP contribution >= 0.6 is 0 Å². The number of aromatic nitrogens is 2. The van der Waals surface area contributed by atoms with E-state index in [2.05, 4.69) is 15.2 Å². The summed E-state index contributed by atoms with van der Waals surface area (Å²) < 4.78 is 86.1. The van der Waals surface area contributed by atoms with E-state index in [1.807, 2.05) is 0 Å². The van der Waals surface area contributed by atoms with Crippen molar-refractivity contribution in [3.8, 4) is 0 Å². The number of nitrogens with zero attached hydrogens (tertiary/aromatic N) is 3. The van der Waals surface area contributed by atoms with Crippen LogP contribution in [-0.2, 0) is 41.4 Å². The van der Waals surface area contributed by atoms with Crippen molar-refractivity contribution >= 4 is 17.7 Å². The van der Waals surface area contributed by atoms with Crippen LogP contribution in [0.25, 0.3) is 0 Å². The standard InChI is InChI=1S/C26H24F6N4O3/c1-15(18-7-3-16(4-8-18)13-20(37)39-2)33-23(38)21-22(26(30,31)32)34-36-12-11-35(24(21)36)14-17-5-9-19(10-6-17)25(27,28)29/h3-10,15H,11-14H2,1-2H3,(H,33,38). The summed E-state index contributed by atoms with van der Waals surface area (Å²) in [7, 11) is 1.27. The molecule has 3 aromatic rings. The van der Waals surface area contributed by atoms with Gasteiger partial charge in [-0.05, 0) is 35.7 Å². The predicted molar refractivity (Wildman–Crippen MR) is 128 cm³/mol. The van der Waals surface area contributed by atoms with Gasteiger partial charge in [0, 0.05) is 13.1 Å². The minimum absolute atomic E-state index is 0.0153. The number of nitrogens with one attached hydrogen (secondary N) is 1. The van der Waals surface area contributed by atoms with Gasteiger partial charge in [-0.25, -0.2) is 4.68 Å². The Morgan fingerprint density at radius 3 is 2.13 bits per heavy atom. The van der Waals surface area contributed by atoms with Gasteiger partial charge in [0.2, 0.25) is 0 Å². The highest BCUT2D eigenvalue weighted by Crippen LogP contribution is 2.39. The van der Waals surface area contributed by atoms with E-state index in [9.17, 15) is 35.9 Å². The number of carbonyl (C=O) groups is 2. The fourth-order valence-corrected chi connectivity index (χ4v) is 4.35. The number of benzene rings is 2.